The second kappa shape index (κ2) is 4.96. The van der Waals surface area contributed by atoms with Crippen LogP contribution in [0.1, 0.15) is 12.5 Å². The zero-order valence-electron chi connectivity index (χ0n) is 10.1. The van der Waals surface area contributed by atoms with Gasteiger partial charge in [-0.15, -0.1) is 0 Å². The number of hydrogen-bond acceptors (Lipinski definition) is 4. The molecule has 1 aromatic carbocycles. The second-order valence-corrected chi connectivity index (χ2v) is 4.34. The molecule has 0 bridgehead atoms. The Balaban J connectivity index is 2.48. The van der Waals surface area contributed by atoms with E-state index in [0.717, 1.165) is 10.5 Å². The molecule has 1 aliphatic rings. The summed E-state index contributed by atoms with van der Waals surface area (Å²) in [6.07, 6.45) is -0.713. The summed E-state index contributed by atoms with van der Waals surface area (Å²) in [5, 5.41) is 2.17. The first-order chi connectivity index (χ1) is 8.54. The number of fused-ring (bicyclic) bond motifs is 1. The van der Waals surface area contributed by atoms with Crippen molar-refractivity contribution >= 4 is 28.6 Å². The average Bonchev–Trinajstić information content (AvgIpc) is 2.31. The van der Waals surface area contributed by atoms with Crippen molar-refractivity contribution in [2.24, 2.45) is 0 Å². The molecule has 0 radical (unpaired) electrons. The second-order valence-electron chi connectivity index (χ2n) is 4.02. The van der Waals surface area contributed by atoms with Gasteiger partial charge in [-0.05, 0) is 43.3 Å². The van der Waals surface area contributed by atoms with Gasteiger partial charge in [-0.25, -0.2) is 4.90 Å². The highest BCUT2D eigenvalue weighted by Crippen LogP contribution is 2.35. The van der Waals surface area contributed by atoms with E-state index in [-0.39, 0.29) is 0 Å². The lowest BCUT2D eigenvalue weighted by molar-refractivity contribution is -0.124. The van der Waals surface area contributed by atoms with Crippen molar-refractivity contribution in [3.05, 3.63) is 23.8 Å². The van der Waals surface area contributed by atoms with Gasteiger partial charge < -0.3 is 10.1 Å². The van der Waals surface area contributed by atoms with Crippen LogP contribution in [0.5, 0.6) is 5.75 Å². The van der Waals surface area contributed by atoms with Crippen molar-refractivity contribution in [3.63, 3.8) is 0 Å². The van der Waals surface area contributed by atoms with Gasteiger partial charge in [-0.3, -0.25) is 9.59 Å². The Hall–Kier alpha value is -1.59. The number of amides is 2. The molecule has 0 aromatic heterocycles. The summed E-state index contributed by atoms with van der Waals surface area (Å²) in [5.74, 6) is 0.0278. The minimum Gasteiger partial charge on any atom is -0.479 e. The summed E-state index contributed by atoms with van der Waals surface area (Å²) in [4.78, 5) is 24.2. The van der Waals surface area contributed by atoms with E-state index in [2.05, 4.69) is 5.32 Å². The van der Waals surface area contributed by atoms with Gasteiger partial charge in [0.15, 0.2) is 6.10 Å². The highest BCUT2D eigenvalue weighted by Gasteiger charge is 2.35. The molecule has 2 amide bonds. The molecule has 1 aromatic rings. The standard InChI is InChI=1S/C12H13ClN2O3/c1-7-11(16)15(12(13)17)9-5-8(6-14-2)3-4-10(9)18-7/h3-5,7,14H,6H2,1-2H3. The van der Waals surface area contributed by atoms with Gasteiger partial charge in [0.05, 0.1) is 5.69 Å². The van der Waals surface area contributed by atoms with E-state index < -0.39 is 17.4 Å². The highest BCUT2D eigenvalue weighted by molar-refractivity contribution is 6.68. The zero-order chi connectivity index (χ0) is 13.3. The third-order valence-corrected chi connectivity index (χ3v) is 2.86. The van der Waals surface area contributed by atoms with Gasteiger partial charge in [-0.2, -0.15) is 0 Å². The first-order valence-electron chi connectivity index (χ1n) is 5.52. The van der Waals surface area contributed by atoms with Crippen LogP contribution in [0.4, 0.5) is 10.5 Å². The molecule has 0 saturated heterocycles. The Morgan fingerprint density at radius 2 is 2.28 bits per heavy atom. The minimum atomic E-state index is -0.821. The number of halogens is 1. The lowest BCUT2D eigenvalue weighted by Crippen LogP contribution is -2.45. The average molecular weight is 269 g/mol. The molecule has 0 fully saturated rings. The molecule has 2 rings (SSSR count). The predicted octanol–water partition coefficient (Wildman–Crippen LogP) is 1.88. The largest absolute Gasteiger partial charge is 0.479 e. The van der Waals surface area contributed by atoms with E-state index in [1.807, 2.05) is 13.1 Å². The number of carbonyl (C=O) groups is 2. The number of nitrogens with zero attached hydrogens (tertiary/aromatic N) is 1. The van der Waals surface area contributed by atoms with Crippen LogP contribution in [0, 0.1) is 0 Å². The van der Waals surface area contributed by atoms with Gasteiger partial charge in [-0.1, -0.05) is 6.07 Å². The number of ether oxygens (including phenoxy) is 1. The molecule has 0 spiro atoms. The molecule has 6 heteroatoms. The maximum atomic E-state index is 11.9. The molecule has 1 unspecified atom stereocenters. The number of hydrogen-bond donors (Lipinski definition) is 1. The van der Waals surface area contributed by atoms with E-state index >= 15 is 0 Å². The van der Waals surface area contributed by atoms with Crippen LogP contribution in [0.3, 0.4) is 0 Å². The van der Waals surface area contributed by atoms with Crippen LogP contribution in [0.2, 0.25) is 0 Å². The predicted molar refractivity (Wildman–Crippen MR) is 68.0 cm³/mol. The molecular formula is C12H13ClN2O3. The maximum absolute atomic E-state index is 11.9. The minimum absolute atomic E-state index is 0.394. The Bertz CT molecular complexity index is 504. The molecule has 1 aliphatic heterocycles. The molecule has 5 nitrogen and oxygen atoms in total. The van der Waals surface area contributed by atoms with Crippen LogP contribution in [-0.2, 0) is 11.3 Å². The molecule has 1 N–H and O–H groups in total. The van der Waals surface area contributed by atoms with Crippen LogP contribution >= 0.6 is 11.6 Å². The number of anilines is 1. The van der Waals surface area contributed by atoms with Crippen molar-refractivity contribution in [3.8, 4) is 5.75 Å². The lowest BCUT2D eigenvalue weighted by atomic mass is 10.1. The first kappa shape index (κ1) is 12.9. The summed E-state index contributed by atoms with van der Waals surface area (Å²) in [7, 11) is 1.81. The van der Waals surface area contributed by atoms with E-state index in [0.29, 0.717) is 18.0 Å². The lowest BCUT2D eigenvalue weighted by Gasteiger charge is -2.30. The number of carbonyl (C=O) groups excluding carboxylic acids is 2. The Morgan fingerprint density at radius 1 is 1.56 bits per heavy atom. The zero-order valence-corrected chi connectivity index (χ0v) is 10.8. The quantitative estimate of drug-likeness (QED) is 0.657. The van der Waals surface area contributed by atoms with Crippen molar-refractivity contribution in [2.75, 3.05) is 11.9 Å². The molecule has 96 valence electrons. The first-order valence-corrected chi connectivity index (χ1v) is 5.90. The van der Waals surface area contributed by atoms with Crippen LogP contribution < -0.4 is 15.0 Å². The number of nitrogens with one attached hydrogen (secondary N) is 1. The van der Waals surface area contributed by atoms with Crippen LogP contribution in [-0.4, -0.2) is 24.4 Å². The van der Waals surface area contributed by atoms with Gasteiger partial charge in [0.2, 0.25) is 0 Å². The van der Waals surface area contributed by atoms with Crippen LogP contribution in [0.25, 0.3) is 0 Å². The van der Waals surface area contributed by atoms with Crippen molar-refractivity contribution in [1.82, 2.24) is 5.32 Å². The molecule has 0 aliphatic carbocycles. The summed E-state index contributed by atoms with van der Waals surface area (Å²) < 4.78 is 5.44. The number of rotatable bonds is 2. The fraction of sp³-hybridized carbons (Fsp3) is 0.333. The third kappa shape index (κ3) is 2.19. The maximum Gasteiger partial charge on any atom is 0.327 e. The molecular weight excluding hydrogens is 256 g/mol. The summed E-state index contributed by atoms with van der Waals surface area (Å²) in [6.45, 7) is 2.21. The van der Waals surface area contributed by atoms with Crippen molar-refractivity contribution in [2.45, 2.75) is 19.6 Å². The highest BCUT2D eigenvalue weighted by atomic mass is 35.5. The Labute approximate surface area is 110 Å². The summed E-state index contributed by atoms with van der Waals surface area (Å²) in [5.41, 5.74) is 1.33. The van der Waals surface area contributed by atoms with E-state index in [1.54, 1.807) is 19.1 Å². The summed E-state index contributed by atoms with van der Waals surface area (Å²) in [6, 6.07) is 5.32. The normalized spacial score (nSPS) is 18.3. The van der Waals surface area contributed by atoms with Crippen molar-refractivity contribution < 1.29 is 14.3 Å². The fourth-order valence-electron chi connectivity index (χ4n) is 1.87. The molecule has 1 heterocycles. The van der Waals surface area contributed by atoms with Gasteiger partial charge in [0.1, 0.15) is 5.75 Å². The SMILES string of the molecule is CNCc1ccc2c(c1)N(C(=O)Cl)C(=O)C(C)O2. The molecule has 18 heavy (non-hydrogen) atoms. The Morgan fingerprint density at radius 3 is 2.89 bits per heavy atom. The van der Waals surface area contributed by atoms with Gasteiger partial charge >= 0.3 is 5.37 Å². The summed E-state index contributed by atoms with van der Waals surface area (Å²) >= 11 is 5.47. The smallest absolute Gasteiger partial charge is 0.327 e. The Kier molecular flexibility index (Phi) is 3.54. The number of benzene rings is 1. The molecule has 0 saturated carbocycles. The topological polar surface area (TPSA) is 58.6 Å². The van der Waals surface area contributed by atoms with Crippen LogP contribution in [0.15, 0.2) is 18.2 Å². The van der Waals surface area contributed by atoms with Gasteiger partial charge in [0, 0.05) is 6.54 Å². The monoisotopic (exact) mass is 268 g/mol. The van der Waals surface area contributed by atoms with Gasteiger partial charge in [0.25, 0.3) is 5.91 Å². The third-order valence-electron chi connectivity index (χ3n) is 2.69. The van der Waals surface area contributed by atoms with E-state index in [4.69, 9.17) is 16.3 Å². The van der Waals surface area contributed by atoms with E-state index in [1.165, 1.54) is 0 Å². The fourth-order valence-corrected chi connectivity index (χ4v) is 2.05. The van der Waals surface area contributed by atoms with E-state index in [9.17, 15) is 9.59 Å². The number of imide groups is 1. The molecule has 1 atom stereocenters. The van der Waals surface area contributed by atoms with Crippen molar-refractivity contribution in [1.29, 1.82) is 0 Å².